The molecule has 0 saturated heterocycles. The number of nitriles is 1. The van der Waals surface area contributed by atoms with Gasteiger partial charge in [0.2, 0.25) is 0 Å². The van der Waals surface area contributed by atoms with Gasteiger partial charge < -0.3 is 5.32 Å². The molecule has 3 rings (SSSR count). The lowest BCUT2D eigenvalue weighted by Gasteiger charge is -2.11. The summed E-state index contributed by atoms with van der Waals surface area (Å²) in [6.45, 7) is 2.32. The van der Waals surface area contributed by atoms with Crippen molar-refractivity contribution in [2.45, 2.75) is 13.5 Å². The van der Waals surface area contributed by atoms with Gasteiger partial charge in [0.1, 0.15) is 5.82 Å². The maximum absolute atomic E-state index is 13.8. The van der Waals surface area contributed by atoms with E-state index in [1.165, 1.54) is 12.1 Å². The fourth-order valence-corrected chi connectivity index (χ4v) is 2.45. The van der Waals surface area contributed by atoms with E-state index >= 15 is 0 Å². The third kappa shape index (κ3) is 2.61. The number of hydrogen-bond donors (Lipinski definition) is 1. The molecule has 0 amide bonds. The number of aromatic nitrogens is 1. The molecule has 1 N–H and O–H groups in total. The Kier molecular flexibility index (Phi) is 3.71. The number of para-hydroxylation sites is 1. The normalized spacial score (nSPS) is 10.4. The molecule has 0 bridgehead atoms. The van der Waals surface area contributed by atoms with Gasteiger partial charge in [-0.25, -0.2) is 4.39 Å². The molecule has 0 aliphatic rings. The van der Waals surface area contributed by atoms with Gasteiger partial charge in [0, 0.05) is 29.4 Å². The van der Waals surface area contributed by atoms with E-state index in [1.54, 1.807) is 12.3 Å². The Morgan fingerprint density at radius 2 is 2.09 bits per heavy atom. The Bertz CT molecular complexity index is 881. The maximum atomic E-state index is 13.8. The Morgan fingerprint density at radius 3 is 2.91 bits per heavy atom. The zero-order valence-electron chi connectivity index (χ0n) is 12.1. The molecule has 0 atom stereocenters. The highest BCUT2D eigenvalue weighted by molar-refractivity contribution is 5.92. The number of nitrogens with one attached hydrogen (secondary N) is 1. The Balaban J connectivity index is 1.92. The van der Waals surface area contributed by atoms with Crippen LogP contribution in [0.4, 0.5) is 10.1 Å². The van der Waals surface area contributed by atoms with Crippen molar-refractivity contribution in [3.8, 4) is 6.07 Å². The molecule has 0 radical (unpaired) electrons. The molecule has 0 unspecified atom stereocenters. The van der Waals surface area contributed by atoms with Gasteiger partial charge in [-0.2, -0.15) is 5.26 Å². The van der Waals surface area contributed by atoms with Gasteiger partial charge in [0.25, 0.3) is 0 Å². The molecular formula is C18H14FN3. The summed E-state index contributed by atoms with van der Waals surface area (Å²) in [5, 5.41) is 13.1. The summed E-state index contributed by atoms with van der Waals surface area (Å²) < 4.78 is 13.8. The monoisotopic (exact) mass is 291 g/mol. The van der Waals surface area contributed by atoms with E-state index in [9.17, 15) is 4.39 Å². The van der Waals surface area contributed by atoms with Crippen molar-refractivity contribution >= 4 is 16.6 Å². The van der Waals surface area contributed by atoms with Gasteiger partial charge >= 0.3 is 0 Å². The van der Waals surface area contributed by atoms with Crippen LogP contribution in [0.5, 0.6) is 0 Å². The number of benzene rings is 2. The average molecular weight is 291 g/mol. The number of hydrogen-bond acceptors (Lipinski definition) is 3. The molecule has 0 spiro atoms. The third-order valence-electron chi connectivity index (χ3n) is 3.62. The van der Waals surface area contributed by atoms with Crippen LogP contribution in [0.15, 0.2) is 48.7 Å². The predicted molar refractivity (Wildman–Crippen MR) is 84.9 cm³/mol. The number of anilines is 1. The van der Waals surface area contributed by atoms with Gasteiger partial charge in [0.05, 0.1) is 17.1 Å². The number of aryl methyl sites for hydroxylation is 1. The number of halogens is 1. The van der Waals surface area contributed by atoms with E-state index in [2.05, 4.69) is 10.3 Å². The van der Waals surface area contributed by atoms with Crippen molar-refractivity contribution in [3.63, 3.8) is 0 Å². The van der Waals surface area contributed by atoms with E-state index in [0.29, 0.717) is 17.7 Å². The van der Waals surface area contributed by atoms with Crippen molar-refractivity contribution in [2.75, 3.05) is 5.32 Å². The highest BCUT2D eigenvalue weighted by Gasteiger charge is 2.06. The molecule has 2 aromatic carbocycles. The fourth-order valence-electron chi connectivity index (χ4n) is 2.45. The summed E-state index contributed by atoms with van der Waals surface area (Å²) in [4.78, 5) is 4.38. The van der Waals surface area contributed by atoms with Gasteiger partial charge in [-0.3, -0.25) is 4.98 Å². The minimum Gasteiger partial charge on any atom is -0.380 e. The number of nitrogens with zero attached hydrogens (tertiary/aromatic N) is 2. The summed E-state index contributed by atoms with van der Waals surface area (Å²) in [6, 6.07) is 14.2. The first kappa shape index (κ1) is 14.0. The van der Waals surface area contributed by atoms with Gasteiger partial charge in [-0.1, -0.05) is 18.2 Å². The molecule has 3 aromatic rings. The van der Waals surface area contributed by atoms with Crippen LogP contribution in [0.2, 0.25) is 0 Å². The highest BCUT2D eigenvalue weighted by atomic mass is 19.1. The minimum absolute atomic E-state index is 0.314. The van der Waals surface area contributed by atoms with Gasteiger partial charge in [-0.05, 0) is 36.8 Å². The SMILES string of the molecule is Cc1cccc2c(NCc3cc(C#N)ccc3F)ccnc12. The molecule has 3 nitrogen and oxygen atoms in total. The van der Waals surface area contributed by atoms with Crippen LogP contribution in [-0.2, 0) is 6.54 Å². The second-order valence-electron chi connectivity index (χ2n) is 5.10. The van der Waals surface area contributed by atoms with Crippen LogP contribution in [0, 0.1) is 24.1 Å². The van der Waals surface area contributed by atoms with E-state index < -0.39 is 0 Å². The average Bonchev–Trinajstić information content (AvgIpc) is 2.54. The molecule has 22 heavy (non-hydrogen) atoms. The summed E-state index contributed by atoms with van der Waals surface area (Å²) in [7, 11) is 0. The van der Waals surface area contributed by atoms with E-state index in [0.717, 1.165) is 22.2 Å². The molecule has 0 saturated carbocycles. The lowest BCUT2D eigenvalue weighted by molar-refractivity contribution is 0.613. The summed E-state index contributed by atoms with van der Waals surface area (Å²) >= 11 is 0. The topological polar surface area (TPSA) is 48.7 Å². The van der Waals surface area contributed by atoms with Gasteiger partial charge in [0.15, 0.2) is 0 Å². The predicted octanol–water partition coefficient (Wildman–Crippen LogP) is 4.17. The Hall–Kier alpha value is -2.93. The number of pyridine rings is 1. The fraction of sp³-hybridized carbons (Fsp3) is 0.111. The Labute approximate surface area is 128 Å². The first-order chi connectivity index (χ1) is 10.7. The highest BCUT2D eigenvalue weighted by Crippen LogP contribution is 2.24. The van der Waals surface area contributed by atoms with E-state index in [1.807, 2.05) is 37.3 Å². The number of rotatable bonds is 3. The van der Waals surface area contributed by atoms with Crippen molar-refractivity contribution < 1.29 is 4.39 Å². The summed E-state index contributed by atoms with van der Waals surface area (Å²) in [5.74, 6) is -0.318. The zero-order valence-corrected chi connectivity index (χ0v) is 12.1. The third-order valence-corrected chi connectivity index (χ3v) is 3.62. The van der Waals surface area contributed by atoms with Crippen LogP contribution < -0.4 is 5.32 Å². The summed E-state index contributed by atoms with van der Waals surface area (Å²) in [5.41, 5.74) is 3.85. The Morgan fingerprint density at radius 1 is 1.23 bits per heavy atom. The number of fused-ring (bicyclic) bond motifs is 1. The van der Waals surface area contributed by atoms with Crippen molar-refractivity contribution in [3.05, 3.63) is 71.2 Å². The summed E-state index contributed by atoms with van der Waals surface area (Å²) in [6.07, 6.45) is 1.74. The van der Waals surface area contributed by atoms with Crippen molar-refractivity contribution in [1.82, 2.24) is 4.98 Å². The molecule has 4 heteroatoms. The van der Waals surface area contributed by atoms with E-state index in [-0.39, 0.29) is 5.82 Å². The minimum atomic E-state index is -0.318. The van der Waals surface area contributed by atoms with Crippen LogP contribution in [-0.4, -0.2) is 4.98 Å². The first-order valence-corrected chi connectivity index (χ1v) is 6.96. The molecule has 0 aliphatic carbocycles. The standard InChI is InChI=1S/C18H14FN3/c1-12-3-2-4-15-17(7-8-21-18(12)15)22-11-14-9-13(10-20)5-6-16(14)19/h2-9H,11H2,1H3,(H,21,22). The molecular weight excluding hydrogens is 277 g/mol. The zero-order chi connectivity index (χ0) is 15.5. The van der Waals surface area contributed by atoms with Crippen LogP contribution in [0.25, 0.3) is 10.9 Å². The maximum Gasteiger partial charge on any atom is 0.128 e. The van der Waals surface area contributed by atoms with Crippen molar-refractivity contribution in [2.24, 2.45) is 0 Å². The first-order valence-electron chi connectivity index (χ1n) is 6.96. The van der Waals surface area contributed by atoms with Gasteiger partial charge in [-0.15, -0.1) is 0 Å². The second kappa shape index (κ2) is 5.82. The molecule has 108 valence electrons. The second-order valence-corrected chi connectivity index (χ2v) is 5.10. The molecule has 0 fully saturated rings. The lowest BCUT2D eigenvalue weighted by Crippen LogP contribution is -2.03. The van der Waals surface area contributed by atoms with Crippen LogP contribution in [0.1, 0.15) is 16.7 Å². The largest absolute Gasteiger partial charge is 0.380 e. The van der Waals surface area contributed by atoms with E-state index in [4.69, 9.17) is 5.26 Å². The van der Waals surface area contributed by atoms with Crippen LogP contribution >= 0.6 is 0 Å². The molecule has 1 aromatic heterocycles. The van der Waals surface area contributed by atoms with Crippen molar-refractivity contribution in [1.29, 1.82) is 5.26 Å². The lowest BCUT2D eigenvalue weighted by atomic mass is 10.1. The molecule has 0 aliphatic heterocycles. The molecule has 1 heterocycles. The quantitative estimate of drug-likeness (QED) is 0.788. The smallest absolute Gasteiger partial charge is 0.128 e. The van der Waals surface area contributed by atoms with Crippen LogP contribution in [0.3, 0.4) is 0 Å².